The first kappa shape index (κ1) is 20.2. The molecule has 0 fully saturated rings. The molecule has 0 bridgehead atoms. The number of carbonyl (C=O) groups is 1. The van der Waals surface area contributed by atoms with Gasteiger partial charge in [0.1, 0.15) is 0 Å². The number of carbonyl (C=O) groups excluding carboxylic acids is 1. The van der Waals surface area contributed by atoms with Gasteiger partial charge in [0.2, 0.25) is 5.91 Å². The fourth-order valence-electron chi connectivity index (χ4n) is 1.62. The Morgan fingerprint density at radius 3 is 2.29 bits per heavy atom. The van der Waals surface area contributed by atoms with Crippen molar-refractivity contribution in [2.75, 3.05) is 0 Å². The van der Waals surface area contributed by atoms with Gasteiger partial charge in [-0.05, 0) is 42.3 Å². The summed E-state index contributed by atoms with van der Waals surface area (Å²) in [7, 11) is -4.02. The normalized spacial score (nSPS) is 11.0. The quantitative estimate of drug-likeness (QED) is 0.778. The third-order valence-electron chi connectivity index (χ3n) is 2.80. The van der Waals surface area contributed by atoms with E-state index in [9.17, 15) is 13.2 Å². The number of primary amides is 1. The second kappa shape index (κ2) is 8.84. The van der Waals surface area contributed by atoms with E-state index >= 15 is 0 Å². The number of amides is 1. The molecule has 0 aliphatic carbocycles. The van der Waals surface area contributed by atoms with Gasteiger partial charge in [-0.15, -0.1) is 0 Å². The second-order valence-corrected chi connectivity index (χ2v) is 6.81. The summed E-state index contributed by atoms with van der Waals surface area (Å²) in [5.41, 5.74) is 7.02. The molecule has 5 nitrogen and oxygen atoms in total. The van der Waals surface area contributed by atoms with Crippen molar-refractivity contribution in [1.82, 2.24) is 0 Å². The molecule has 24 heavy (non-hydrogen) atoms. The Hall–Kier alpha value is -1.86. The van der Waals surface area contributed by atoms with Crippen molar-refractivity contribution in [3.63, 3.8) is 0 Å². The molecule has 2 rings (SSSR count). The molecule has 2 aromatic rings. The fraction of sp³-hybridized carbons (Fsp3) is 0.0625. The second-order valence-electron chi connectivity index (χ2n) is 4.66. The van der Waals surface area contributed by atoms with Gasteiger partial charge < -0.3 is 5.73 Å². The van der Waals surface area contributed by atoms with Gasteiger partial charge in [-0.2, -0.15) is 8.42 Å². The highest BCUT2D eigenvalue weighted by Crippen LogP contribution is 2.20. The van der Waals surface area contributed by atoms with E-state index in [0.717, 1.165) is 16.5 Å². The van der Waals surface area contributed by atoms with E-state index in [1.165, 1.54) is 18.2 Å². The number of benzene rings is 2. The standard InChI is InChI=1S/C9H10O3S.C7H5Cl2NO/c1-8-4-2-3-5-9(8)6-7-13(10,11)12;8-4-1-2-5(7(10)11)6(9)3-4/h2-7H,1H3,(H,10,11,12);1-3H,(H2,10,11)/b7-6+;. The predicted octanol–water partition coefficient (Wildman–Crippen LogP) is 3.95. The lowest BCUT2D eigenvalue weighted by Gasteiger charge is -1.97. The molecule has 2 aromatic carbocycles. The Morgan fingerprint density at radius 1 is 1.17 bits per heavy atom. The lowest BCUT2D eigenvalue weighted by molar-refractivity contribution is 0.100. The average molecular weight is 388 g/mol. The van der Waals surface area contributed by atoms with E-state index in [2.05, 4.69) is 0 Å². The highest BCUT2D eigenvalue weighted by molar-refractivity contribution is 7.88. The molecule has 0 aliphatic rings. The zero-order valence-electron chi connectivity index (χ0n) is 12.6. The number of rotatable bonds is 3. The molecule has 0 saturated carbocycles. The van der Waals surface area contributed by atoms with Crippen LogP contribution in [0.1, 0.15) is 21.5 Å². The van der Waals surface area contributed by atoms with Crippen molar-refractivity contribution in [3.05, 3.63) is 74.6 Å². The van der Waals surface area contributed by atoms with Crippen LogP contribution >= 0.6 is 23.2 Å². The first-order valence-corrected chi connectivity index (χ1v) is 8.82. The summed E-state index contributed by atoms with van der Waals surface area (Å²) < 4.78 is 29.2. The number of aryl methyl sites for hydroxylation is 1. The monoisotopic (exact) mass is 387 g/mol. The summed E-state index contributed by atoms with van der Waals surface area (Å²) >= 11 is 11.2. The van der Waals surface area contributed by atoms with Crippen LogP contribution in [-0.2, 0) is 10.1 Å². The summed E-state index contributed by atoms with van der Waals surface area (Å²) in [6.45, 7) is 1.86. The number of hydrogen-bond acceptors (Lipinski definition) is 3. The molecular formula is C16H15Cl2NO4S. The number of halogens is 2. The maximum Gasteiger partial charge on any atom is 0.287 e. The Kier molecular flexibility index (Phi) is 7.44. The van der Waals surface area contributed by atoms with Crippen molar-refractivity contribution >= 4 is 45.3 Å². The van der Waals surface area contributed by atoms with Gasteiger partial charge in [0, 0.05) is 5.02 Å². The first-order chi connectivity index (χ1) is 11.1. The smallest absolute Gasteiger partial charge is 0.287 e. The van der Waals surface area contributed by atoms with Gasteiger partial charge >= 0.3 is 0 Å². The Bertz CT molecular complexity index is 864. The Balaban J connectivity index is 0.000000243. The molecule has 0 aliphatic heterocycles. The summed E-state index contributed by atoms with van der Waals surface area (Å²) in [4.78, 5) is 10.6. The van der Waals surface area contributed by atoms with Crippen molar-refractivity contribution < 1.29 is 17.8 Å². The number of hydrogen-bond donors (Lipinski definition) is 2. The van der Waals surface area contributed by atoms with E-state index in [1.54, 1.807) is 18.2 Å². The molecule has 0 atom stereocenters. The van der Waals surface area contributed by atoms with Crippen molar-refractivity contribution in [1.29, 1.82) is 0 Å². The van der Waals surface area contributed by atoms with E-state index in [-0.39, 0.29) is 10.6 Å². The van der Waals surface area contributed by atoms with Crippen LogP contribution in [0.15, 0.2) is 47.9 Å². The summed E-state index contributed by atoms with van der Waals surface area (Å²) in [6.07, 6.45) is 1.37. The van der Waals surface area contributed by atoms with Gasteiger partial charge in [-0.25, -0.2) is 0 Å². The molecular weight excluding hydrogens is 373 g/mol. The third kappa shape index (κ3) is 7.14. The van der Waals surface area contributed by atoms with Crippen LogP contribution in [0.25, 0.3) is 6.08 Å². The predicted molar refractivity (Wildman–Crippen MR) is 96.7 cm³/mol. The van der Waals surface area contributed by atoms with Crippen LogP contribution in [0.4, 0.5) is 0 Å². The van der Waals surface area contributed by atoms with E-state index < -0.39 is 16.0 Å². The molecule has 0 heterocycles. The fourth-order valence-corrected chi connectivity index (χ4v) is 2.44. The van der Waals surface area contributed by atoms with Crippen molar-refractivity contribution in [2.45, 2.75) is 6.92 Å². The van der Waals surface area contributed by atoms with Crippen LogP contribution in [0.5, 0.6) is 0 Å². The first-order valence-electron chi connectivity index (χ1n) is 6.56. The minimum atomic E-state index is -4.02. The largest absolute Gasteiger partial charge is 0.366 e. The molecule has 3 N–H and O–H groups in total. The molecule has 0 unspecified atom stereocenters. The van der Waals surface area contributed by atoms with Crippen molar-refractivity contribution in [3.8, 4) is 0 Å². The van der Waals surface area contributed by atoms with Crippen LogP contribution in [0.3, 0.4) is 0 Å². The van der Waals surface area contributed by atoms with E-state index in [0.29, 0.717) is 5.02 Å². The zero-order valence-corrected chi connectivity index (χ0v) is 14.9. The minimum absolute atomic E-state index is 0.282. The highest BCUT2D eigenvalue weighted by atomic mass is 35.5. The van der Waals surface area contributed by atoms with E-state index in [4.69, 9.17) is 33.5 Å². The van der Waals surface area contributed by atoms with Crippen molar-refractivity contribution in [2.24, 2.45) is 5.73 Å². The van der Waals surface area contributed by atoms with Crippen LogP contribution in [0.2, 0.25) is 10.0 Å². The van der Waals surface area contributed by atoms with Crippen LogP contribution in [-0.4, -0.2) is 18.9 Å². The maximum absolute atomic E-state index is 10.6. The lowest BCUT2D eigenvalue weighted by Crippen LogP contribution is -2.11. The molecule has 128 valence electrons. The maximum atomic E-state index is 10.6. The molecule has 0 spiro atoms. The summed E-state index contributed by atoms with van der Waals surface area (Å²) in [6, 6.07) is 11.8. The van der Waals surface area contributed by atoms with Gasteiger partial charge in [0.25, 0.3) is 10.1 Å². The van der Waals surface area contributed by atoms with E-state index in [1.807, 2.05) is 19.1 Å². The SMILES string of the molecule is Cc1ccccc1/C=C/S(=O)(=O)O.NC(=O)c1ccc(Cl)cc1Cl. The molecule has 8 heteroatoms. The van der Waals surface area contributed by atoms with Gasteiger partial charge in [-0.1, -0.05) is 47.5 Å². The van der Waals surface area contributed by atoms with Gasteiger partial charge in [0.05, 0.1) is 16.0 Å². The average Bonchev–Trinajstić information content (AvgIpc) is 2.45. The molecule has 0 aromatic heterocycles. The molecule has 0 radical (unpaired) electrons. The number of nitrogens with two attached hydrogens (primary N) is 1. The summed E-state index contributed by atoms with van der Waals surface area (Å²) in [5, 5.41) is 1.54. The van der Waals surface area contributed by atoms with Gasteiger partial charge in [0.15, 0.2) is 0 Å². The third-order valence-corrected chi connectivity index (χ3v) is 3.83. The lowest BCUT2D eigenvalue weighted by atomic mass is 10.1. The van der Waals surface area contributed by atoms with Crippen LogP contribution < -0.4 is 5.73 Å². The highest BCUT2D eigenvalue weighted by Gasteiger charge is 2.05. The Labute approximate surface area is 150 Å². The molecule has 0 saturated heterocycles. The zero-order chi connectivity index (χ0) is 18.3. The van der Waals surface area contributed by atoms with Gasteiger partial charge in [-0.3, -0.25) is 9.35 Å². The summed E-state index contributed by atoms with van der Waals surface area (Å²) in [5.74, 6) is -0.549. The molecule has 1 amide bonds. The Morgan fingerprint density at radius 2 is 1.79 bits per heavy atom. The van der Waals surface area contributed by atoms with Crippen LogP contribution in [0, 0.1) is 6.92 Å². The topological polar surface area (TPSA) is 97.5 Å². The minimum Gasteiger partial charge on any atom is -0.366 e.